The lowest BCUT2D eigenvalue weighted by Crippen LogP contribution is -2.39. The molecule has 3 rings (SSSR count). The molecular weight excluding hydrogens is 334 g/mol. The fourth-order valence-corrected chi connectivity index (χ4v) is 2.78. The van der Waals surface area contributed by atoms with Crippen LogP contribution in [0.3, 0.4) is 0 Å². The minimum Gasteiger partial charge on any atom is -0.494 e. The summed E-state index contributed by atoms with van der Waals surface area (Å²) in [6, 6.07) is 7.64. The zero-order valence-corrected chi connectivity index (χ0v) is 15.0. The van der Waals surface area contributed by atoms with Crippen molar-refractivity contribution in [2.75, 3.05) is 51.3 Å². The number of nitrogens with one attached hydrogen (secondary N) is 2. The summed E-state index contributed by atoms with van der Waals surface area (Å²) in [5.41, 5.74) is 1.16. The maximum Gasteiger partial charge on any atom is 0.274 e. The van der Waals surface area contributed by atoms with Crippen LogP contribution in [-0.4, -0.2) is 66.1 Å². The molecule has 26 heavy (non-hydrogen) atoms. The highest BCUT2D eigenvalue weighted by Crippen LogP contribution is 2.13. The van der Waals surface area contributed by atoms with Crippen LogP contribution >= 0.6 is 0 Å². The largest absolute Gasteiger partial charge is 0.494 e. The summed E-state index contributed by atoms with van der Waals surface area (Å²) < 4.78 is 10.7. The minimum atomic E-state index is -0.220. The van der Waals surface area contributed by atoms with Crippen molar-refractivity contribution in [3.8, 4) is 5.75 Å². The number of aromatic nitrogens is 3. The molecule has 2 aromatic rings. The Morgan fingerprint density at radius 1 is 1.23 bits per heavy atom. The van der Waals surface area contributed by atoms with E-state index in [9.17, 15) is 4.79 Å². The van der Waals surface area contributed by atoms with E-state index in [0.29, 0.717) is 31.2 Å². The van der Waals surface area contributed by atoms with Gasteiger partial charge in [-0.15, -0.1) is 10.2 Å². The van der Waals surface area contributed by atoms with E-state index in [1.165, 1.54) is 0 Å². The second-order valence-corrected chi connectivity index (χ2v) is 6.08. The van der Waals surface area contributed by atoms with Gasteiger partial charge in [0.25, 0.3) is 5.56 Å². The molecule has 0 atom stereocenters. The van der Waals surface area contributed by atoms with Gasteiger partial charge in [-0.1, -0.05) is 12.1 Å². The van der Waals surface area contributed by atoms with Crippen LogP contribution in [0.4, 0.5) is 5.95 Å². The van der Waals surface area contributed by atoms with E-state index in [-0.39, 0.29) is 5.56 Å². The van der Waals surface area contributed by atoms with Crippen LogP contribution in [0.15, 0.2) is 29.1 Å². The van der Waals surface area contributed by atoms with Gasteiger partial charge in [-0.25, -0.2) is 0 Å². The van der Waals surface area contributed by atoms with Gasteiger partial charge >= 0.3 is 0 Å². The average Bonchev–Trinajstić information content (AvgIpc) is 2.66. The van der Waals surface area contributed by atoms with Crippen molar-refractivity contribution in [1.29, 1.82) is 0 Å². The number of anilines is 1. The van der Waals surface area contributed by atoms with Gasteiger partial charge in [0.15, 0.2) is 0 Å². The molecule has 1 aliphatic rings. The number of H-pyrrole nitrogens is 1. The Hall–Kier alpha value is -2.45. The van der Waals surface area contributed by atoms with Crippen molar-refractivity contribution in [2.45, 2.75) is 13.3 Å². The third kappa shape index (κ3) is 5.27. The molecule has 8 heteroatoms. The molecule has 1 aromatic heterocycles. The Balaban J connectivity index is 1.52. The van der Waals surface area contributed by atoms with Crippen molar-refractivity contribution in [1.82, 2.24) is 20.1 Å². The number of nitrogens with zero attached hydrogens (tertiary/aromatic N) is 3. The van der Waals surface area contributed by atoms with Crippen LogP contribution in [0.25, 0.3) is 0 Å². The number of ether oxygens (including phenoxy) is 2. The molecule has 1 saturated heterocycles. The van der Waals surface area contributed by atoms with E-state index in [2.05, 4.69) is 25.4 Å². The molecule has 8 nitrogen and oxygen atoms in total. The quantitative estimate of drug-likeness (QED) is 0.723. The van der Waals surface area contributed by atoms with Crippen molar-refractivity contribution in [2.24, 2.45) is 0 Å². The molecule has 0 saturated carbocycles. The molecule has 1 aromatic carbocycles. The third-order valence-electron chi connectivity index (χ3n) is 4.19. The number of aromatic amines is 1. The molecule has 2 heterocycles. The van der Waals surface area contributed by atoms with Gasteiger partial charge in [-0.3, -0.25) is 14.7 Å². The second kappa shape index (κ2) is 9.30. The molecule has 140 valence electrons. The Kier molecular flexibility index (Phi) is 6.56. The molecule has 0 aliphatic carbocycles. The molecular formula is C18H25N5O3. The van der Waals surface area contributed by atoms with Crippen molar-refractivity contribution in [3.05, 3.63) is 45.9 Å². The molecule has 0 radical (unpaired) electrons. The number of benzene rings is 1. The van der Waals surface area contributed by atoms with E-state index < -0.39 is 0 Å². The molecule has 0 amide bonds. The Morgan fingerprint density at radius 2 is 2.00 bits per heavy atom. The predicted octanol–water partition coefficient (Wildman–Crippen LogP) is 0.899. The van der Waals surface area contributed by atoms with E-state index in [4.69, 9.17) is 9.47 Å². The lowest BCUT2D eigenvalue weighted by atomic mass is 10.1. The predicted molar refractivity (Wildman–Crippen MR) is 98.8 cm³/mol. The van der Waals surface area contributed by atoms with Crippen LogP contribution in [0, 0.1) is 0 Å². The monoisotopic (exact) mass is 359 g/mol. The Bertz CT molecular complexity index is 741. The smallest absolute Gasteiger partial charge is 0.274 e. The molecule has 0 bridgehead atoms. The van der Waals surface area contributed by atoms with Gasteiger partial charge < -0.3 is 14.8 Å². The zero-order valence-electron chi connectivity index (χ0n) is 15.0. The highest BCUT2D eigenvalue weighted by Gasteiger charge is 2.10. The summed E-state index contributed by atoms with van der Waals surface area (Å²) in [6.45, 7) is 7.57. The molecule has 0 unspecified atom stereocenters. The van der Waals surface area contributed by atoms with Crippen LogP contribution in [0.2, 0.25) is 0 Å². The van der Waals surface area contributed by atoms with Gasteiger partial charge in [0.2, 0.25) is 5.95 Å². The van der Waals surface area contributed by atoms with Gasteiger partial charge in [0.05, 0.1) is 19.8 Å². The number of hydrogen-bond donors (Lipinski definition) is 2. The fraction of sp³-hybridized carbons (Fsp3) is 0.500. The second-order valence-electron chi connectivity index (χ2n) is 6.08. The maximum atomic E-state index is 12.2. The highest BCUT2D eigenvalue weighted by molar-refractivity contribution is 5.30. The number of morpholine rings is 1. The summed E-state index contributed by atoms with van der Waals surface area (Å²) >= 11 is 0. The summed E-state index contributed by atoms with van der Waals surface area (Å²) in [6.07, 6.45) is 0.433. The minimum absolute atomic E-state index is 0.220. The van der Waals surface area contributed by atoms with Gasteiger partial charge in [0, 0.05) is 32.6 Å². The first-order valence-electron chi connectivity index (χ1n) is 8.96. The van der Waals surface area contributed by atoms with Crippen molar-refractivity contribution < 1.29 is 9.47 Å². The maximum absolute atomic E-state index is 12.2. The summed E-state index contributed by atoms with van der Waals surface area (Å²) in [5.74, 6) is 1.22. The van der Waals surface area contributed by atoms with E-state index in [0.717, 1.165) is 44.2 Å². The van der Waals surface area contributed by atoms with Gasteiger partial charge in [0.1, 0.15) is 11.4 Å². The summed E-state index contributed by atoms with van der Waals surface area (Å²) in [4.78, 5) is 17.3. The van der Waals surface area contributed by atoms with E-state index in [1.807, 2.05) is 31.2 Å². The topological polar surface area (TPSA) is 92.4 Å². The number of rotatable bonds is 8. The average molecular weight is 359 g/mol. The molecule has 2 N–H and O–H groups in total. The van der Waals surface area contributed by atoms with Crippen LogP contribution < -0.4 is 15.6 Å². The third-order valence-corrected chi connectivity index (χ3v) is 4.19. The number of hydrogen-bond acceptors (Lipinski definition) is 7. The van der Waals surface area contributed by atoms with Crippen molar-refractivity contribution in [3.63, 3.8) is 0 Å². The SMILES string of the molecule is CCOc1ccc(Cc2nnc(NCCN3CCOCC3)[nH]c2=O)cc1. The first-order chi connectivity index (χ1) is 12.7. The first kappa shape index (κ1) is 18.3. The van der Waals surface area contributed by atoms with Gasteiger partial charge in [-0.2, -0.15) is 0 Å². The van der Waals surface area contributed by atoms with E-state index in [1.54, 1.807) is 0 Å². The Morgan fingerprint density at radius 3 is 2.69 bits per heavy atom. The lowest BCUT2D eigenvalue weighted by Gasteiger charge is -2.26. The molecule has 1 fully saturated rings. The van der Waals surface area contributed by atoms with Crippen LogP contribution in [0.5, 0.6) is 5.75 Å². The standard InChI is InChI=1S/C18H25N5O3/c1-2-26-15-5-3-14(4-6-15)13-16-17(24)20-18(22-21-16)19-7-8-23-9-11-25-12-10-23/h3-6H,2,7-13H2,1H3,(H2,19,20,22,24). The normalized spacial score (nSPS) is 15.0. The van der Waals surface area contributed by atoms with Crippen molar-refractivity contribution >= 4 is 5.95 Å². The molecule has 0 spiro atoms. The first-order valence-corrected chi connectivity index (χ1v) is 8.96. The zero-order chi connectivity index (χ0) is 18.2. The van der Waals surface area contributed by atoms with Crippen LogP contribution in [-0.2, 0) is 11.2 Å². The summed E-state index contributed by atoms with van der Waals surface area (Å²) in [5, 5.41) is 11.3. The molecule has 1 aliphatic heterocycles. The van der Waals surface area contributed by atoms with E-state index >= 15 is 0 Å². The Labute approximate surface area is 152 Å². The highest BCUT2D eigenvalue weighted by atomic mass is 16.5. The van der Waals surface area contributed by atoms with Gasteiger partial charge in [-0.05, 0) is 24.6 Å². The summed E-state index contributed by atoms with van der Waals surface area (Å²) in [7, 11) is 0. The fourth-order valence-electron chi connectivity index (χ4n) is 2.78. The van der Waals surface area contributed by atoms with Crippen LogP contribution in [0.1, 0.15) is 18.2 Å². The lowest BCUT2D eigenvalue weighted by molar-refractivity contribution is 0.0398.